The predicted molar refractivity (Wildman–Crippen MR) is 143 cm³/mol. The van der Waals surface area contributed by atoms with Crippen molar-refractivity contribution in [2.45, 2.75) is 30.8 Å². The van der Waals surface area contributed by atoms with Gasteiger partial charge in [-0.15, -0.1) is 0 Å². The monoisotopic (exact) mass is 558 g/mol. The minimum atomic E-state index is -3.73. The summed E-state index contributed by atoms with van der Waals surface area (Å²) >= 11 is 1.52. The zero-order valence-electron chi connectivity index (χ0n) is 21.1. The molecule has 2 aliphatic rings. The highest BCUT2D eigenvalue weighted by atomic mass is 32.2. The third-order valence-electron chi connectivity index (χ3n) is 6.77. The zero-order valence-corrected chi connectivity index (χ0v) is 22.7. The number of piperidine rings is 1. The number of sulfonamides is 1. The number of hydrogen-bond acceptors (Lipinski definition) is 8. The first-order valence-electron chi connectivity index (χ1n) is 12.7. The van der Waals surface area contributed by atoms with Gasteiger partial charge in [0, 0.05) is 57.7 Å². The molecule has 12 heteroatoms. The second kappa shape index (κ2) is 11.3. The highest BCUT2D eigenvalue weighted by Crippen LogP contribution is 2.30. The van der Waals surface area contributed by atoms with Crippen LogP contribution in [0.25, 0.3) is 10.2 Å². The number of carbonyl (C=O) groups is 2. The van der Waals surface area contributed by atoms with Crippen molar-refractivity contribution in [1.29, 1.82) is 0 Å². The normalized spacial score (nSPS) is 17.5. The van der Waals surface area contributed by atoms with Gasteiger partial charge in [0.1, 0.15) is 6.10 Å². The van der Waals surface area contributed by atoms with E-state index in [0.717, 1.165) is 10.2 Å². The summed E-state index contributed by atoms with van der Waals surface area (Å²) in [6.07, 6.45) is 0.967. The number of fused-ring (bicyclic) bond motifs is 1. The number of nitrogens with zero attached hydrogens (tertiary/aromatic N) is 4. The maximum atomic E-state index is 13.1. The highest BCUT2D eigenvalue weighted by molar-refractivity contribution is 7.89. The van der Waals surface area contributed by atoms with Gasteiger partial charge in [-0.2, -0.15) is 4.31 Å². The molecule has 0 saturated carbocycles. The molecule has 2 aliphatic heterocycles. The average Bonchev–Trinajstić information content (AvgIpc) is 3.36. The Kier molecular flexibility index (Phi) is 7.82. The Hall–Kier alpha value is -3.22. The van der Waals surface area contributed by atoms with Crippen molar-refractivity contribution in [3.63, 3.8) is 0 Å². The topological polar surface area (TPSA) is 109 Å². The number of aromatic nitrogens is 1. The molecule has 2 amide bonds. The largest absolute Gasteiger partial charge is 0.467 e. The molecule has 38 heavy (non-hydrogen) atoms. The number of benzene rings is 2. The molecule has 2 aromatic carbocycles. The second-order valence-electron chi connectivity index (χ2n) is 9.17. The summed E-state index contributed by atoms with van der Waals surface area (Å²) in [7, 11) is -3.73. The van der Waals surface area contributed by atoms with E-state index in [9.17, 15) is 18.0 Å². The Bertz CT molecular complexity index is 1360. The van der Waals surface area contributed by atoms with Crippen molar-refractivity contribution >= 4 is 43.6 Å². The molecular formula is C26H30N4O6S2. The Balaban J connectivity index is 1.14. The molecule has 10 nitrogen and oxygen atoms in total. The van der Waals surface area contributed by atoms with Crippen LogP contribution < -0.4 is 4.74 Å². The first-order chi connectivity index (χ1) is 18.3. The fraction of sp³-hybridized carbons (Fsp3) is 0.423. The second-order valence-corrected chi connectivity index (χ2v) is 12.1. The van der Waals surface area contributed by atoms with Gasteiger partial charge in [0.25, 0.3) is 11.1 Å². The van der Waals surface area contributed by atoms with Gasteiger partial charge in [-0.25, -0.2) is 18.2 Å². The molecule has 0 radical (unpaired) electrons. The van der Waals surface area contributed by atoms with E-state index < -0.39 is 16.1 Å². The number of piperazine rings is 1. The molecule has 1 aromatic heterocycles. The first-order valence-corrected chi connectivity index (χ1v) is 14.9. The summed E-state index contributed by atoms with van der Waals surface area (Å²) in [5, 5.41) is 0.648. The number of hydrogen-bond donors (Lipinski definition) is 0. The lowest BCUT2D eigenvalue weighted by Gasteiger charge is -2.33. The third-order valence-corrected chi connectivity index (χ3v) is 9.61. The number of carbonyl (C=O) groups excluding carboxylic acids is 2. The molecule has 0 aliphatic carbocycles. The molecule has 0 N–H and O–H groups in total. The number of likely N-dealkylation sites (tertiary alicyclic amines) is 1. The molecule has 2 saturated heterocycles. The van der Waals surface area contributed by atoms with Crippen LogP contribution in [-0.4, -0.2) is 91.5 Å². The maximum absolute atomic E-state index is 13.1. The number of para-hydroxylation sites is 1. The van der Waals surface area contributed by atoms with Crippen molar-refractivity contribution in [2.24, 2.45) is 0 Å². The first kappa shape index (κ1) is 26.4. The van der Waals surface area contributed by atoms with E-state index in [0.29, 0.717) is 36.7 Å². The maximum Gasteiger partial charge on any atom is 0.409 e. The summed E-state index contributed by atoms with van der Waals surface area (Å²) in [6.45, 7) is 4.04. The van der Waals surface area contributed by atoms with Crippen molar-refractivity contribution in [3.05, 3.63) is 54.1 Å². The summed E-state index contributed by atoms with van der Waals surface area (Å²) in [5.41, 5.74) is 1.37. The SMILES string of the molecule is CCOC(=O)N1CCN(S(=O)(=O)c2ccc(C(=O)N3CCC(Oc4nc5ccccc5s4)CC3)cc2)CC1. The standard InChI is InChI=1S/C26H30N4O6S2/c1-2-35-26(32)29-15-17-30(18-16-29)38(33,34)21-9-7-19(8-10-21)24(31)28-13-11-20(12-14-28)36-25-27-22-5-3-4-6-23(22)37-25/h3-10,20H,2,11-18H2,1H3. The van der Waals surface area contributed by atoms with Crippen LogP contribution >= 0.6 is 11.3 Å². The molecule has 3 heterocycles. The van der Waals surface area contributed by atoms with Gasteiger partial charge in [0.2, 0.25) is 10.0 Å². The van der Waals surface area contributed by atoms with E-state index in [-0.39, 0.29) is 49.7 Å². The lowest BCUT2D eigenvalue weighted by atomic mass is 10.1. The fourth-order valence-corrected chi connectivity index (χ4v) is 6.95. The lowest BCUT2D eigenvalue weighted by Crippen LogP contribution is -2.50. The lowest BCUT2D eigenvalue weighted by molar-refractivity contribution is 0.0595. The molecule has 5 rings (SSSR count). The summed E-state index contributed by atoms with van der Waals surface area (Å²) < 4.78 is 39.7. The molecule has 2 fully saturated rings. The molecule has 0 spiro atoms. The van der Waals surface area contributed by atoms with E-state index in [4.69, 9.17) is 9.47 Å². The van der Waals surface area contributed by atoms with Crippen LogP contribution in [0.3, 0.4) is 0 Å². The van der Waals surface area contributed by atoms with Gasteiger partial charge in [-0.3, -0.25) is 4.79 Å². The van der Waals surface area contributed by atoms with Crippen molar-refractivity contribution in [1.82, 2.24) is 19.1 Å². The van der Waals surface area contributed by atoms with Crippen molar-refractivity contribution in [3.8, 4) is 5.19 Å². The smallest absolute Gasteiger partial charge is 0.409 e. The zero-order chi connectivity index (χ0) is 26.7. The Morgan fingerprint density at radius 2 is 1.63 bits per heavy atom. The van der Waals surface area contributed by atoms with Gasteiger partial charge in [-0.05, 0) is 43.3 Å². The molecule has 202 valence electrons. The minimum Gasteiger partial charge on any atom is -0.467 e. The van der Waals surface area contributed by atoms with E-state index in [1.165, 1.54) is 32.7 Å². The van der Waals surface area contributed by atoms with Crippen molar-refractivity contribution in [2.75, 3.05) is 45.9 Å². The van der Waals surface area contributed by atoms with E-state index >= 15 is 0 Å². The average molecular weight is 559 g/mol. The number of thiazole rings is 1. The number of ether oxygens (including phenoxy) is 2. The highest BCUT2D eigenvalue weighted by Gasteiger charge is 2.31. The van der Waals surface area contributed by atoms with Crippen molar-refractivity contribution < 1.29 is 27.5 Å². The Morgan fingerprint density at radius 3 is 2.29 bits per heavy atom. The summed E-state index contributed by atoms with van der Waals surface area (Å²) in [5.74, 6) is -0.129. The molecule has 0 unspecified atom stereocenters. The summed E-state index contributed by atoms with van der Waals surface area (Å²) in [4.78, 5) is 32.9. The van der Waals surface area contributed by atoms with Gasteiger partial charge in [0.05, 0.1) is 21.7 Å². The van der Waals surface area contributed by atoms with Crippen LogP contribution in [-0.2, 0) is 14.8 Å². The van der Waals surface area contributed by atoms with Crippen LogP contribution in [0.5, 0.6) is 5.19 Å². The quantitative estimate of drug-likeness (QED) is 0.456. The van der Waals surface area contributed by atoms with Crippen LogP contribution in [0.2, 0.25) is 0 Å². The molecule has 0 bridgehead atoms. The molecule has 0 atom stereocenters. The summed E-state index contributed by atoms with van der Waals surface area (Å²) in [6, 6.07) is 14.0. The molecule has 3 aromatic rings. The van der Waals surface area contributed by atoms with Gasteiger partial charge >= 0.3 is 6.09 Å². The van der Waals surface area contributed by atoms with Crippen LogP contribution in [0.1, 0.15) is 30.1 Å². The minimum absolute atomic E-state index is 0.00331. The van der Waals surface area contributed by atoms with Crippen LogP contribution in [0.15, 0.2) is 53.4 Å². The van der Waals surface area contributed by atoms with E-state index in [1.807, 2.05) is 24.3 Å². The van der Waals surface area contributed by atoms with Gasteiger partial charge in [-0.1, -0.05) is 23.5 Å². The fourth-order valence-electron chi connectivity index (χ4n) is 4.65. The van der Waals surface area contributed by atoms with Gasteiger partial charge in [0.15, 0.2) is 0 Å². The third kappa shape index (κ3) is 5.62. The van der Waals surface area contributed by atoms with E-state index in [2.05, 4.69) is 4.98 Å². The number of amides is 2. The molecular weight excluding hydrogens is 528 g/mol. The van der Waals surface area contributed by atoms with Crippen LogP contribution in [0.4, 0.5) is 4.79 Å². The Labute approximate surface area is 225 Å². The van der Waals surface area contributed by atoms with Gasteiger partial charge < -0.3 is 19.3 Å². The van der Waals surface area contributed by atoms with E-state index in [1.54, 1.807) is 24.0 Å². The predicted octanol–water partition coefficient (Wildman–Crippen LogP) is 3.44. The van der Waals surface area contributed by atoms with Crippen LogP contribution in [0, 0.1) is 0 Å². The Morgan fingerprint density at radius 1 is 0.947 bits per heavy atom. The number of rotatable bonds is 6.